The third-order valence-corrected chi connectivity index (χ3v) is 9.14. The number of carbonyl (C=O) groups is 2. The van der Waals surface area contributed by atoms with E-state index >= 15 is 0 Å². The molecule has 6 rings (SSSR count). The summed E-state index contributed by atoms with van der Waals surface area (Å²) in [5.74, 6) is 1.26. The molecule has 1 saturated heterocycles. The van der Waals surface area contributed by atoms with Gasteiger partial charge in [0.05, 0.1) is 0 Å². The van der Waals surface area contributed by atoms with Gasteiger partial charge in [-0.05, 0) is 67.0 Å². The Balaban J connectivity index is 1.24. The molecule has 1 aromatic carbocycles. The summed E-state index contributed by atoms with van der Waals surface area (Å²) in [6.07, 6.45) is 5.75. The molecule has 0 bridgehead atoms. The molecule has 3 aromatic heterocycles. The number of nitrogens with one attached hydrogen (secondary N) is 1. The van der Waals surface area contributed by atoms with Crippen molar-refractivity contribution in [1.82, 2.24) is 35.3 Å². The van der Waals surface area contributed by atoms with Gasteiger partial charge in [-0.25, -0.2) is 0 Å². The van der Waals surface area contributed by atoms with E-state index < -0.39 is 6.04 Å². The topological polar surface area (TPSA) is 109 Å². The molecule has 2 aliphatic rings. The van der Waals surface area contributed by atoms with Gasteiger partial charge in [0, 0.05) is 36.6 Å². The quantitative estimate of drug-likeness (QED) is 0.289. The van der Waals surface area contributed by atoms with E-state index in [4.69, 9.17) is 4.42 Å². The number of hydrogen-bond acceptors (Lipinski definition) is 8. The van der Waals surface area contributed by atoms with Crippen LogP contribution in [0.1, 0.15) is 60.8 Å². The maximum atomic E-state index is 14.2. The first-order valence-corrected chi connectivity index (χ1v) is 15.7. The van der Waals surface area contributed by atoms with Crippen LogP contribution in [0.5, 0.6) is 0 Å². The van der Waals surface area contributed by atoms with Crippen molar-refractivity contribution >= 4 is 23.2 Å². The fourth-order valence-electron chi connectivity index (χ4n) is 6.11. The van der Waals surface area contributed by atoms with Crippen molar-refractivity contribution < 1.29 is 14.0 Å². The monoisotopic (exact) mass is 587 g/mol. The van der Waals surface area contributed by atoms with Crippen molar-refractivity contribution in [3.05, 3.63) is 76.2 Å². The molecule has 2 amide bonds. The van der Waals surface area contributed by atoms with Gasteiger partial charge < -0.3 is 14.6 Å². The molecule has 0 spiro atoms. The highest BCUT2D eigenvalue weighted by Gasteiger charge is 2.39. The number of piperidine rings is 1. The summed E-state index contributed by atoms with van der Waals surface area (Å²) in [6.45, 7) is 4.29. The number of thiophene rings is 1. The lowest BCUT2D eigenvalue weighted by Crippen LogP contribution is -2.53. The summed E-state index contributed by atoms with van der Waals surface area (Å²) in [5.41, 5.74) is 1.27. The van der Waals surface area contributed by atoms with E-state index in [0.29, 0.717) is 11.6 Å². The number of tetrazole rings is 1. The normalized spacial score (nSPS) is 17.4. The molecule has 1 N–H and O–H groups in total. The second-order valence-corrected chi connectivity index (χ2v) is 12.2. The van der Waals surface area contributed by atoms with Crippen LogP contribution < -0.4 is 5.32 Å². The van der Waals surface area contributed by atoms with Crippen LogP contribution in [0, 0.1) is 6.92 Å². The fourth-order valence-corrected chi connectivity index (χ4v) is 6.93. The molecular weight excluding hydrogens is 550 g/mol. The maximum absolute atomic E-state index is 14.2. The van der Waals surface area contributed by atoms with E-state index in [0.717, 1.165) is 68.8 Å². The molecule has 10 nitrogen and oxygen atoms in total. The Bertz CT molecular complexity index is 1450. The average molecular weight is 588 g/mol. The second-order valence-electron chi connectivity index (χ2n) is 11.3. The fraction of sp³-hybridized carbons (Fsp3) is 0.452. The molecule has 4 aromatic rings. The van der Waals surface area contributed by atoms with Crippen LogP contribution >= 0.6 is 11.3 Å². The molecule has 42 heavy (non-hydrogen) atoms. The Morgan fingerprint density at radius 2 is 1.83 bits per heavy atom. The first kappa shape index (κ1) is 28.3. The van der Waals surface area contributed by atoms with Crippen LogP contribution in [-0.2, 0) is 22.7 Å². The van der Waals surface area contributed by atoms with Gasteiger partial charge in [0.1, 0.15) is 18.3 Å². The minimum absolute atomic E-state index is 0.0957. The molecule has 2 fully saturated rings. The van der Waals surface area contributed by atoms with E-state index in [1.54, 1.807) is 6.07 Å². The number of nitrogens with zero attached hydrogens (tertiary/aromatic N) is 6. The molecule has 4 heterocycles. The zero-order chi connectivity index (χ0) is 28.9. The SMILES string of the molecule is Cc1ccc(-c2nnn(CC(=O)N(C3CCN(Cc4ccccc4)CC3)[C@@H](C(=O)NC3CCCC3)c3cccs3)n2)o1. The van der Waals surface area contributed by atoms with Crippen LogP contribution in [0.3, 0.4) is 0 Å². The molecule has 1 aliphatic carbocycles. The average Bonchev–Trinajstić information content (AvgIpc) is 3.82. The van der Waals surface area contributed by atoms with Gasteiger partial charge in [0.15, 0.2) is 5.76 Å². The molecule has 0 unspecified atom stereocenters. The van der Waals surface area contributed by atoms with Gasteiger partial charge in [0.2, 0.25) is 17.6 Å². The third-order valence-electron chi connectivity index (χ3n) is 8.22. The predicted octanol–water partition coefficient (Wildman–Crippen LogP) is 4.60. The van der Waals surface area contributed by atoms with Gasteiger partial charge in [0.25, 0.3) is 0 Å². The van der Waals surface area contributed by atoms with E-state index in [2.05, 4.69) is 49.9 Å². The van der Waals surface area contributed by atoms with Crippen molar-refractivity contribution in [3.8, 4) is 11.6 Å². The van der Waals surface area contributed by atoms with Gasteiger partial charge in [-0.2, -0.15) is 4.80 Å². The summed E-state index contributed by atoms with van der Waals surface area (Å²) in [6, 6.07) is 17.3. The highest BCUT2D eigenvalue weighted by molar-refractivity contribution is 7.10. The standard InChI is InChI=1S/C31H37N7O3S/c1-22-13-14-26(41-22)30-33-35-37(34-30)21-28(39)38(25-15-17-36(18-16-25)20-23-8-3-2-4-9-23)29(27-12-7-19-42-27)31(40)32-24-10-5-6-11-24/h2-4,7-9,12-14,19,24-25,29H,5-6,10-11,15-18,20-21H2,1H3,(H,32,40)/t29-/m1/s1. The van der Waals surface area contributed by atoms with Crippen molar-refractivity contribution in [2.75, 3.05) is 13.1 Å². The Hall–Kier alpha value is -3.83. The molecule has 220 valence electrons. The van der Waals surface area contributed by atoms with Crippen LogP contribution in [0.15, 0.2) is 64.4 Å². The second kappa shape index (κ2) is 13.0. The van der Waals surface area contributed by atoms with Crippen LogP contribution in [0.25, 0.3) is 11.6 Å². The number of carbonyl (C=O) groups excluding carboxylic acids is 2. The molecular formula is C31H37N7O3S. The highest BCUT2D eigenvalue weighted by Crippen LogP contribution is 2.32. The molecule has 0 radical (unpaired) electrons. The predicted molar refractivity (Wildman–Crippen MR) is 159 cm³/mol. The van der Waals surface area contributed by atoms with E-state index in [1.807, 2.05) is 41.5 Å². The zero-order valence-electron chi connectivity index (χ0n) is 23.9. The Kier molecular flexibility index (Phi) is 8.76. The van der Waals surface area contributed by atoms with Gasteiger partial charge in [-0.1, -0.05) is 49.2 Å². The number of hydrogen-bond donors (Lipinski definition) is 1. The van der Waals surface area contributed by atoms with Crippen LogP contribution in [0.4, 0.5) is 0 Å². The number of likely N-dealkylation sites (tertiary alicyclic amines) is 1. The largest absolute Gasteiger partial charge is 0.458 e. The van der Waals surface area contributed by atoms with Crippen molar-refractivity contribution in [3.63, 3.8) is 0 Å². The summed E-state index contributed by atoms with van der Waals surface area (Å²) in [4.78, 5) is 34.6. The molecule has 1 atom stereocenters. The lowest BCUT2D eigenvalue weighted by atomic mass is 9.99. The summed E-state index contributed by atoms with van der Waals surface area (Å²) in [5, 5.41) is 17.9. The number of aryl methyl sites for hydroxylation is 1. The number of rotatable bonds is 10. The number of furan rings is 1. The van der Waals surface area contributed by atoms with Crippen LogP contribution in [0.2, 0.25) is 0 Å². The summed E-state index contributed by atoms with van der Waals surface area (Å²) < 4.78 is 5.64. The lowest BCUT2D eigenvalue weighted by Gasteiger charge is -2.42. The Labute approximate surface area is 249 Å². The van der Waals surface area contributed by atoms with E-state index in [-0.39, 0.29) is 30.4 Å². The maximum Gasteiger partial charge on any atom is 0.248 e. The summed E-state index contributed by atoms with van der Waals surface area (Å²) >= 11 is 1.51. The van der Waals surface area contributed by atoms with Gasteiger partial charge in [-0.15, -0.1) is 21.5 Å². The van der Waals surface area contributed by atoms with Crippen molar-refractivity contribution in [2.24, 2.45) is 0 Å². The first-order valence-electron chi connectivity index (χ1n) is 14.8. The van der Waals surface area contributed by atoms with Crippen molar-refractivity contribution in [1.29, 1.82) is 0 Å². The van der Waals surface area contributed by atoms with E-state index in [1.165, 1.54) is 21.7 Å². The van der Waals surface area contributed by atoms with Crippen LogP contribution in [-0.4, -0.2) is 67.0 Å². The smallest absolute Gasteiger partial charge is 0.248 e. The van der Waals surface area contributed by atoms with Gasteiger partial charge in [-0.3, -0.25) is 14.5 Å². The Morgan fingerprint density at radius 3 is 2.52 bits per heavy atom. The number of benzene rings is 1. The first-order chi connectivity index (χ1) is 20.5. The molecule has 11 heteroatoms. The minimum Gasteiger partial charge on any atom is -0.458 e. The number of aromatic nitrogens is 4. The lowest BCUT2D eigenvalue weighted by molar-refractivity contribution is -0.146. The molecule has 1 aliphatic heterocycles. The summed E-state index contributed by atoms with van der Waals surface area (Å²) in [7, 11) is 0. The minimum atomic E-state index is -0.709. The third kappa shape index (κ3) is 6.63. The van der Waals surface area contributed by atoms with E-state index in [9.17, 15) is 9.59 Å². The Morgan fingerprint density at radius 1 is 1.05 bits per heavy atom. The van der Waals surface area contributed by atoms with Crippen molar-refractivity contribution in [2.45, 2.75) is 76.7 Å². The highest BCUT2D eigenvalue weighted by atomic mass is 32.1. The van der Waals surface area contributed by atoms with Gasteiger partial charge >= 0.3 is 0 Å². The molecule has 1 saturated carbocycles. The zero-order valence-corrected chi connectivity index (χ0v) is 24.7. The number of amides is 2.